The molecule has 0 N–H and O–H groups in total. The monoisotopic (exact) mass is 292 g/mol. The number of carbonyl (C=O) groups is 2. The third-order valence-corrected chi connectivity index (χ3v) is 2.10. The number of rotatable bonds is 5. The summed E-state index contributed by atoms with van der Waals surface area (Å²) in [4.78, 5) is 23.0. The molecule has 0 bridgehead atoms. The summed E-state index contributed by atoms with van der Waals surface area (Å²) in [7, 11) is 0. The Morgan fingerprint density at radius 1 is 1.15 bits per heavy atom. The molecule has 0 spiro atoms. The molecule has 0 aliphatic rings. The number of carbonyl (C=O) groups excluding carboxylic acids is 2. The van der Waals surface area contributed by atoms with Gasteiger partial charge in [0, 0.05) is 0 Å². The maximum absolute atomic E-state index is 12.5. The Balaban J connectivity index is 5.06. The summed E-state index contributed by atoms with van der Waals surface area (Å²) in [6, 6.07) is 0. The molecule has 1 atom stereocenters. The highest BCUT2D eigenvalue weighted by Crippen LogP contribution is 2.25. The molecule has 0 fully saturated rings. The Hall–Kier alpha value is -1.59. The molecule has 20 heavy (non-hydrogen) atoms. The van der Waals surface area contributed by atoms with E-state index in [1.165, 1.54) is 32.9 Å². The van der Waals surface area contributed by atoms with E-state index in [0.717, 1.165) is 0 Å². The first-order chi connectivity index (χ1) is 8.99. The summed E-state index contributed by atoms with van der Waals surface area (Å²) in [6.45, 7) is 6.30. The number of ether oxygens (including phenoxy) is 1. The Morgan fingerprint density at radius 3 is 2.10 bits per heavy atom. The van der Waals surface area contributed by atoms with E-state index in [2.05, 4.69) is 0 Å². The maximum Gasteiger partial charge on any atom is 0.450 e. The van der Waals surface area contributed by atoms with Gasteiger partial charge in [0.15, 0.2) is 0 Å². The number of esters is 1. The molecule has 0 aliphatic carbocycles. The van der Waals surface area contributed by atoms with Crippen molar-refractivity contribution >= 4 is 11.8 Å². The van der Waals surface area contributed by atoms with Crippen LogP contribution in [0.1, 0.15) is 34.1 Å². The number of halogens is 3. The standard InChI is InChI=1S/C14H19F3O3/c1-5-6-7-8-9-10(11(18)14(15,16)17)12(19)20-13(2,3)4/h5-8,10H,9H2,1-4H3/b6-5+,8-7+/t10-/m0/s1. The van der Waals surface area contributed by atoms with Crippen LogP contribution in [0.15, 0.2) is 24.3 Å². The minimum Gasteiger partial charge on any atom is -0.459 e. The Kier molecular flexibility index (Phi) is 6.68. The van der Waals surface area contributed by atoms with Crippen molar-refractivity contribution in [2.24, 2.45) is 5.92 Å². The highest BCUT2D eigenvalue weighted by Gasteiger charge is 2.46. The van der Waals surface area contributed by atoms with Crippen LogP contribution in [0, 0.1) is 5.92 Å². The highest BCUT2D eigenvalue weighted by molar-refractivity contribution is 6.02. The molecule has 0 saturated heterocycles. The van der Waals surface area contributed by atoms with E-state index in [4.69, 9.17) is 4.74 Å². The van der Waals surface area contributed by atoms with Crippen molar-refractivity contribution in [1.29, 1.82) is 0 Å². The smallest absolute Gasteiger partial charge is 0.450 e. The number of alkyl halides is 3. The summed E-state index contributed by atoms with van der Waals surface area (Å²) in [5.41, 5.74) is -0.950. The molecule has 0 rings (SSSR count). The zero-order valence-corrected chi connectivity index (χ0v) is 12.0. The number of Topliss-reactive ketones (excluding diaryl/α,β-unsaturated/α-hetero) is 1. The van der Waals surface area contributed by atoms with E-state index in [1.54, 1.807) is 19.1 Å². The van der Waals surface area contributed by atoms with Crippen molar-refractivity contribution in [3.05, 3.63) is 24.3 Å². The Labute approximate surface area is 116 Å². The Morgan fingerprint density at radius 2 is 1.70 bits per heavy atom. The number of allylic oxidation sites excluding steroid dienone is 4. The van der Waals surface area contributed by atoms with Gasteiger partial charge in [-0.05, 0) is 34.1 Å². The summed E-state index contributed by atoms with van der Waals surface area (Å²) in [5.74, 6) is -5.11. The second kappa shape index (κ2) is 7.26. The van der Waals surface area contributed by atoms with Crippen LogP contribution in [0.5, 0.6) is 0 Å². The first-order valence-electron chi connectivity index (χ1n) is 6.10. The van der Waals surface area contributed by atoms with Crippen LogP contribution in [0.4, 0.5) is 13.2 Å². The van der Waals surface area contributed by atoms with Gasteiger partial charge >= 0.3 is 12.1 Å². The lowest BCUT2D eigenvalue weighted by Crippen LogP contribution is -2.38. The van der Waals surface area contributed by atoms with Gasteiger partial charge < -0.3 is 4.74 Å². The molecule has 0 heterocycles. The first-order valence-corrected chi connectivity index (χ1v) is 6.10. The molecule has 0 saturated carbocycles. The van der Waals surface area contributed by atoms with Gasteiger partial charge in [0.2, 0.25) is 0 Å². The van der Waals surface area contributed by atoms with Crippen molar-refractivity contribution in [2.45, 2.75) is 45.9 Å². The summed E-state index contributed by atoms with van der Waals surface area (Å²) < 4.78 is 42.3. The minimum atomic E-state index is -5.06. The molecule has 3 nitrogen and oxygen atoms in total. The fraction of sp³-hybridized carbons (Fsp3) is 0.571. The predicted molar refractivity (Wildman–Crippen MR) is 69.0 cm³/mol. The molecule has 114 valence electrons. The topological polar surface area (TPSA) is 43.4 Å². The average molecular weight is 292 g/mol. The second-order valence-corrected chi connectivity index (χ2v) is 5.14. The van der Waals surface area contributed by atoms with Gasteiger partial charge in [0.1, 0.15) is 11.5 Å². The van der Waals surface area contributed by atoms with Crippen molar-refractivity contribution in [2.75, 3.05) is 0 Å². The average Bonchev–Trinajstić information content (AvgIpc) is 2.24. The quantitative estimate of drug-likeness (QED) is 0.442. The van der Waals surface area contributed by atoms with E-state index < -0.39 is 29.4 Å². The fourth-order valence-electron chi connectivity index (χ4n) is 1.29. The van der Waals surface area contributed by atoms with Crippen LogP contribution >= 0.6 is 0 Å². The molecular formula is C14H19F3O3. The van der Waals surface area contributed by atoms with Crippen LogP contribution in [-0.4, -0.2) is 23.5 Å². The molecule has 0 radical (unpaired) electrons. The van der Waals surface area contributed by atoms with Crippen molar-refractivity contribution in [1.82, 2.24) is 0 Å². The molecule has 0 aliphatic heterocycles. The van der Waals surface area contributed by atoms with Crippen molar-refractivity contribution < 1.29 is 27.5 Å². The van der Waals surface area contributed by atoms with Gasteiger partial charge in [-0.25, -0.2) is 0 Å². The van der Waals surface area contributed by atoms with Gasteiger partial charge in [-0.3, -0.25) is 9.59 Å². The summed E-state index contributed by atoms with van der Waals surface area (Å²) in [5, 5.41) is 0. The number of hydrogen-bond donors (Lipinski definition) is 0. The second-order valence-electron chi connectivity index (χ2n) is 5.14. The zero-order valence-electron chi connectivity index (χ0n) is 12.0. The first kappa shape index (κ1) is 18.4. The lowest BCUT2D eigenvalue weighted by atomic mass is 9.99. The lowest BCUT2D eigenvalue weighted by molar-refractivity contribution is -0.183. The lowest BCUT2D eigenvalue weighted by Gasteiger charge is -2.23. The van der Waals surface area contributed by atoms with E-state index in [9.17, 15) is 22.8 Å². The molecule has 6 heteroatoms. The number of hydrogen-bond acceptors (Lipinski definition) is 3. The molecule has 0 aromatic heterocycles. The van der Waals surface area contributed by atoms with Gasteiger partial charge in [-0.15, -0.1) is 0 Å². The third-order valence-electron chi connectivity index (χ3n) is 2.10. The SMILES string of the molecule is C/C=C/C=C/C[C@H](C(=O)OC(C)(C)C)C(=O)C(F)(F)F. The zero-order chi connectivity index (χ0) is 16.0. The van der Waals surface area contributed by atoms with Gasteiger partial charge in [0.05, 0.1) is 0 Å². The van der Waals surface area contributed by atoms with E-state index in [-0.39, 0.29) is 6.42 Å². The predicted octanol–water partition coefficient (Wildman–Crippen LogP) is 3.60. The summed E-state index contributed by atoms with van der Waals surface area (Å²) in [6.07, 6.45) is 0.654. The van der Waals surface area contributed by atoms with Gasteiger partial charge in [-0.1, -0.05) is 24.3 Å². The van der Waals surface area contributed by atoms with Gasteiger partial charge in [0.25, 0.3) is 5.78 Å². The van der Waals surface area contributed by atoms with Crippen LogP contribution in [0.25, 0.3) is 0 Å². The molecule has 0 aromatic rings. The highest BCUT2D eigenvalue weighted by atomic mass is 19.4. The van der Waals surface area contributed by atoms with Crippen LogP contribution < -0.4 is 0 Å². The molecule has 0 amide bonds. The van der Waals surface area contributed by atoms with Gasteiger partial charge in [-0.2, -0.15) is 13.2 Å². The maximum atomic E-state index is 12.5. The van der Waals surface area contributed by atoms with E-state index >= 15 is 0 Å². The third kappa shape index (κ3) is 7.11. The fourth-order valence-corrected chi connectivity index (χ4v) is 1.29. The Bertz CT molecular complexity index is 401. The van der Waals surface area contributed by atoms with Crippen LogP contribution in [0.2, 0.25) is 0 Å². The molecule has 0 unspecified atom stereocenters. The normalized spacial score (nSPS) is 14.8. The van der Waals surface area contributed by atoms with E-state index in [0.29, 0.717) is 0 Å². The summed E-state index contributed by atoms with van der Waals surface area (Å²) >= 11 is 0. The number of ketones is 1. The van der Waals surface area contributed by atoms with Crippen LogP contribution in [-0.2, 0) is 14.3 Å². The van der Waals surface area contributed by atoms with Crippen molar-refractivity contribution in [3.8, 4) is 0 Å². The molecule has 0 aromatic carbocycles. The minimum absolute atomic E-state index is 0.350. The van der Waals surface area contributed by atoms with E-state index in [1.807, 2.05) is 0 Å². The van der Waals surface area contributed by atoms with Crippen LogP contribution in [0.3, 0.4) is 0 Å². The van der Waals surface area contributed by atoms with Crippen molar-refractivity contribution in [3.63, 3.8) is 0 Å². The largest absolute Gasteiger partial charge is 0.459 e. The molecular weight excluding hydrogens is 273 g/mol.